The number of hydrogen-bond donors (Lipinski definition) is 2. The van der Waals surface area contributed by atoms with Gasteiger partial charge in [-0.05, 0) is 29.1 Å². The van der Waals surface area contributed by atoms with Crippen molar-refractivity contribution in [2.45, 2.75) is 12.2 Å². The van der Waals surface area contributed by atoms with Crippen molar-refractivity contribution >= 4 is 10.9 Å². The molecular formula is C10H9F3N2. The fraction of sp³-hybridized carbons (Fsp3) is 0.200. The first-order chi connectivity index (χ1) is 6.98. The Bertz CT molecular complexity index is 473. The maximum atomic E-state index is 12.3. The minimum absolute atomic E-state index is 0.0783. The molecule has 0 aliphatic heterocycles. The number of benzene rings is 1. The molecule has 0 fully saturated rings. The molecule has 2 aromatic rings. The zero-order chi connectivity index (χ0) is 11.1. The Balaban J connectivity index is 2.44. The van der Waals surface area contributed by atoms with Crippen LogP contribution in [0.2, 0.25) is 0 Å². The van der Waals surface area contributed by atoms with Crippen LogP contribution < -0.4 is 5.73 Å². The lowest BCUT2D eigenvalue weighted by molar-refractivity contribution is -0.149. The monoisotopic (exact) mass is 214 g/mol. The van der Waals surface area contributed by atoms with Crippen LogP contribution in [0.25, 0.3) is 10.9 Å². The maximum absolute atomic E-state index is 12.3. The summed E-state index contributed by atoms with van der Waals surface area (Å²) in [4.78, 5) is 2.90. The number of aromatic amines is 1. The molecule has 0 aliphatic rings. The molecule has 2 nitrogen and oxygen atoms in total. The molecule has 0 bridgehead atoms. The van der Waals surface area contributed by atoms with Crippen LogP contribution in [-0.2, 0) is 0 Å². The summed E-state index contributed by atoms with van der Waals surface area (Å²) in [5.74, 6) is 0. The molecule has 0 radical (unpaired) electrons. The highest BCUT2D eigenvalue weighted by molar-refractivity contribution is 5.80. The number of rotatable bonds is 1. The molecule has 1 aromatic carbocycles. The zero-order valence-corrected chi connectivity index (χ0v) is 7.68. The lowest BCUT2D eigenvalue weighted by Gasteiger charge is -2.15. The van der Waals surface area contributed by atoms with Crippen LogP contribution in [0.1, 0.15) is 11.6 Å². The van der Waals surface area contributed by atoms with Crippen molar-refractivity contribution in [2.75, 3.05) is 0 Å². The van der Waals surface area contributed by atoms with E-state index in [1.165, 1.54) is 12.1 Å². The van der Waals surface area contributed by atoms with Crippen molar-refractivity contribution < 1.29 is 13.2 Å². The van der Waals surface area contributed by atoms with E-state index in [-0.39, 0.29) is 5.56 Å². The number of nitrogens with two attached hydrogens (primary N) is 1. The summed E-state index contributed by atoms with van der Waals surface area (Å²) < 4.78 is 37.0. The van der Waals surface area contributed by atoms with Crippen LogP contribution in [0.15, 0.2) is 30.5 Å². The Hall–Kier alpha value is -1.49. The minimum atomic E-state index is -4.40. The van der Waals surface area contributed by atoms with Gasteiger partial charge in [-0.25, -0.2) is 0 Å². The Morgan fingerprint density at radius 1 is 1.20 bits per heavy atom. The maximum Gasteiger partial charge on any atom is 0.407 e. The molecule has 3 N–H and O–H groups in total. The van der Waals surface area contributed by atoms with Gasteiger partial charge < -0.3 is 10.7 Å². The summed E-state index contributed by atoms with van der Waals surface area (Å²) in [5, 5.41) is 0.729. The van der Waals surface area contributed by atoms with Gasteiger partial charge in [0.2, 0.25) is 0 Å². The Labute approximate surface area is 83.9 Å². The second kappa shape index (κ2) is 3.27. The van der Waals surface area contributed by atoms with E-state index in [0.29, 0.717) is 0 Å². The van der Waals surface area contributed by atoms with E-state index in [0.717, 1.165) is 10.9 Å². The summed E-state index contributed by atoms with van der Waals surface area (Å²) >= 11 is 0. The van der Waals surface area contributed by atoms with Crippen molar-refractivity contribution in [3.8, 4) is 0 Å². The predicted octanol–water partition coefficient (Wildman–Crippen LogP) is 2.73. The minimum Gasteiger partial charge on any atom is -0.361 e. The third-order valence-electron chi connectivity index (χ3n) is 2.29. The average Bonchev–Trinajstić information content (AvgIpc) is 2.61. The van der Waals surface area contributed by atoms with Crippen LogP contribution in [0.4, 0.5) is 13.2 Å². The first kappa shape index (κ1) is 10.0. The third-order valence-corrected chi connectivity index (χ3v) is 2.29. The summed E-state index contributed by atoms with van der Waals surface area (Å²) in [6.07, 6.45) is -2.72. The van der Waals surface area contributed by atoms with Crippen LogP contribution >= 0.6 is 0 Å². The largest absolute Gasteiger partial charge is 0.407 e. The van der Waals surface area contributed by atoms with E-state index >= 15 is 0 Å². The molecule has 15 heavy (non-hydrogen) atoms. The summed E-state index contributed by atoms with van der Waals surface area (Å²) in [7, 11) is 0. The van der Waals surface area contributed by atoms with Crippen molar-refractivity contribution in [1.29, 1.82) is 0 Å². The molecule has 0 amide bonds. The quantitative estimate of drug-likeness (QED) is 0.752. The summed E-state index contributed by atoms with van der Waals surface area (Å²) in [6, 6.07) is 4.22. The van der Waals surface area contributed by atoms with Crippen molar-refractivity contribution in [2.24, 2.45) is 5.73 Å². The van der Waals surface area contributed by atoms with Crippen LogP contribution in [0.3, 0.4) is 0 Å². The lowest BCUT2D eigenvalue weighted by Crippen LogP contribution is -2.28. The predicted molar refractivity (Wildman–Crippen MR) is 51.3 cm³/mol. The Morgan fingerprint density at radius 3 is 2.60 bits per heavy atom. The van der Waals surface area contributed by atoms with Crippen molar-refractivity contribution in [1.82, 2.24) is 4.98 Å². The highest BCUT2D eigenvalue weighted by Crippen LogP contribution is 2.31. The molecule has 0 spiro atoms. The molecule has 1 atom stereocenters. The first-order valence-corrected chi connectivity index (χ1v) is 4.38. The number of fused-ring (bicyclic) bond motifs is 1. The van der Waals surface area contributed by atoms with E-state index in [1.54, 1.807) is 18.3 Å². The van der Waals surface area contributed by atoms with E-state index in [4.69, 9.17) is 5.73 Å². The van der Waals surface area contributed by atoms with Crippen molar-refractivity contribution in [3.05, 3.63) is 36.0 Å². The molecule has 2 rings (SSSR count). The molecule has 1 aromatic heterocycles. The third kappa shape index (κ3) is 1.83. The van der Waals surface area contributed by atoms with E-state index in [2.05, 4.69) is 4.98 Å². The summed E-state index contributed by atoms with van der Waals surface area (Å²) in [5.41, 5.74) is 5.97. The van der Waals surface area contributed by atoms with Crippen molar-refractivity contribution in [3.63, 3.8) is 0 Å². The molecule has 80 valence electrons. The molecule has 5 heteroatoms. The van der Waals surface area contributed by atoms with Gasteiger partial charge in [-0.2, -0.15) is 13.2 Å². The molecule has 0 aliphatic carbocycles. The molecule has 0 saturated carbocycles. The molecule has 0 saturated heterocycles. The number of hydrogen-bond acceptors (Lipinski definition) is 1. The van der Waals surface area contributed by atoms with Crippen LogP contribution in [-0.4, -0.2) is 11.2 Å². The van der Waals surface area contributed by atoms with Gasteiger partial charge >= 0.3 is 6.18 Å². The topological polar surface area (TPSA) is 41.8 Å². The van der Waals surface area contributed by atoms with Gasteiger partial charge in [0.05, 0.1) is 0 Å². The zero-order valence-electron chi connectivity index (χ0n) is 7.68. The Morgan fingerprint density at radius 2 is 1.93 bits per heavy atom. The number of alkyl halides is 3. The van der Waals surface area contributed by atoms with E-state index in [1.807, 2.05) is 0 Å². The smallest absolute Gasteiger partial charge is 0.361 e. The van der Waals surface area contributed by atoms with Gasteiger partial charge in [0, 0.05) is 11.7 Å². The van der Waals surface area contributed by atoms with Gasteiger partial charge in [-0.1, -0.05) is 6.07 Å². The normalized spacial score (nSPS) is 14.4. The van der Waals surface area contributed by atoms with Crippen LogP contribution in [0, 0.1) is 0 Å². The SMILES string of the molecule is N[C@H](c1ccc2[nH]ccc2c1)C(F)(F)F. The highest BCUT2D eigenvalue weighted by atomic mass is 19.4. The van der Waals surface area contributed by atoms with Gasteiger partial charge in [0.1, 0.15) is 6.04 Å². The average molecular weight is 214 g/mol. The van der Waals surface area contributed by atoms with Crippen LogP contribution in [0.5, 0.6) is 0 Å². The van der Waals surface area contributed by atoms with E-state index in [9.17, 15) is 13.2 Å². The van der Waals surface area contributed by atoms with Gasteiger partial charge in [0.15, 0.2) is 0 Å². The number of H-pyrrole nitrogens is 1. The number of nitrogens with one attached hydrogen (secondary N) is 1. The van der Waals surface area contributed by atoms with Gasteiger partial charge in [-0.3, -0.25) is 0 Å². The Kier molecular flexibility index (Phi) is 2.19. The molecular weight excluding hydrogens is 205 g/mol. The second-order valence-corrected chi connectivity index (χ2v) is 3.34. The fourth-order valence-electron chi connectivity index (χ4n) is 1.45. The standard InChI is InChI=1S/C10H9F3N2/c11-10(12,13)9(14)7-1-2-8-6(5-7)3-4-15-8/h1-5,9,15H,14H2/t9-/m1/s1. The summed E-state index contributed by atoms with van der Waals surface area (Å²) in [6.45, 7) is 0. The molecule has 0 unspecified atom stereocenters. The highest BCUT2D eigenvalue weighted by Gasteiger charge is 2.37. The van der Waals surface area contributed by atoms with E-state index < -0.39 is 12.2 Å². The van der Waals surface area contributed by atoms with Gasteiger partial charge in [-0.15, -0.1) is 0 Å². The fourth-order valence-corrected chi connectivity index (χ4v) is 1.45. The lowest BCUT2D eigenvalue weighted by atomic mass is 10.1. The second-order valence-electron chi connectivity index (χ2n) is 3.34. The molecule has 1 heterocycles. The first-order valence-electron chi connectivity index (χ1n) is 4.38. The number of aromatic nitrogens is 1. The van der Waals surface area contributed by atoms with Gasteiger partial charge in [0.25, 0.3) is 0 Å². The number of halogens is 3.